The first-order valence-corrected chi connectivity index (χ1v) is 8.29. The normalized spacial score (nSPS) is 16.0. The second-order valence-corrected chi connectivity index (χ2v) is 6.47. The van der Waals surface area contributed by atoms with E-state index in [2.05, 4.69) is 4.90 Å². The molecule has 1 saturated heterocycles. The van der Waals surface area contributed by atoms with Gasteiger partial charge < -0.3 is 0 Å². The van der Waals surface area contributed by atoms with E-state index in [0.29, 0.717) is 23.6 Å². The summed E-state index contributed by atoms with van der Waals surface area (Å²) in [6, 6.07) is 13.4. The summed E-state index contributed by atoms with van der Waals surface area (Å²) in [5.74, 6) is 0.0611. The Kier molecular flexibility index (Phi) is 5.22. The summed E-state index contributed by atoms with van der Waals surface area (Å²) < 4.78 is 27.2. The van der Waals surface area contributed by atoms with Crippen LogP contribution in [0.4, 0.5) is 8.78 Å². The van der Waals surface area contributed by atoms with E-state index in [0.717, 1.165) is 37.9 Å². The van der Waals surface area contributed by atoms with Crippen molar-refractivity contribution in [1.29, 1.82) is 5.26 Å². The smallest absolute Gasteiger partial charge is 0.129 e. The highest BCUT2D eigenvalue weighted by Crippen LogP contribution is 2.24. The van der Waals surface area contributed by atoms with Crippen LogP contribution in [0.2, 0.25) is 0 Å². The molecule has 0 radical (unpaired) electrons. The van der Waals surface area contributed by atoms with Gasteiger partial charge in [0.2, 0.25) is 0 Å². The first-order valence-electron chi connectivity index (χ1n) is 8.29. The van der Waals surface area contributed by atoms with E-state index in [-0.39, 0.29) is 11.6 Å². The fourth-order valence-electron chi connectivity index (χ4n) is 3.33. The lowest BCUT2D eigenvalue weighted by Gasteiger charge is -2.32. The SMILES string of the molecule is N#Cc1ccc(CN2CCC(Cc3cccc(F)c3)CC2)c(F)c1. The Morgan fingerprint density at radius 2 is 1.88 bits per heavy atom. The summed E-state index contributed by atoms with van der Waals surface area (Å²) in [4.78, 5) is 2.24. The molecule has 0 spiro atoms. The lowest BCUT2D eigenvalue weighted by atomic mass is 9.90. The van der Waals surface area contributed by atoms with E-state index < -0.39 is 0 Å². The molecular formula is C20H20F2N2. The molecule has 0 amide bonds. The van der Waals surface area contributed by atoms with Crippen LogP contribution in [0.3, 0.4) is 0 Å². The number of likely N-dealkylation sites (tertiary alicyclic amines) is 1. The molecule has 1 fully saturated rings. The first-order chi connectivity index (χ1) is 11.6. The van der Waals surface area contributed by atoms with Crippen LogP contribution < -0.4 is 0 Å². The third-order valence-corrected chi connectivity index (χ3v) is 4.70. The van der Waals surface area contributed by atoms with Gasteiger partial charge in [0.15, 0.2) is 0 Å². The van der Waals surface area contributed by atoms with Crippen molar-refractivity contribution in [2.75, 3.05) is 13.1 Å². The average molecular weight is 326 g/mol. The highest BCUT2D eigenvalue weighted by molar-refractivity contribution is 5.32. The van der Waals surface area contributed by atoms with Gasteiger partial charge in [0, 0.05) is 12.1 Å². The molecule has 1 aliphatic rings. The Balaban J connectivity index is 1.53. The zero-order valence-corrected chi connectivity index (χ0v) is 13.5. The van der Waals surface area contributed by atoms with Crippen molar-refractivity contribution in [3.8, 4) is 6.07 Å². The quantitative estimate of drug-likeness (QED) is 0.838. The molecule has 0 aromatic heterocycles. The van der Waals surface area contributed by atoms with E-state index in [1.54, 1.807) is 24.3 Å². The van der Waals surface area contributed by atoms with Gasteiger partial charge in [0.25, 0.3) is 0 Å². The van der Waals surface area contributed by atoms with Gasteiger partial charge in [-0.3, -0.25) is 4.90 Å². The Bertz CT molecular complexity index is 744. The van der Waals surface area contributed by atoms with Crippen LogP contribution in [-0.4, -0.2) is 18.0 Å². The summed E-state index contributed by atoms with van der Waals surface area (Å²) in [6.07, 6.45) is 2.97. The predicted octanol–water partition coefficient (Wildman–Crippen LogP) is 4.29. The molecule has 2 aromatic carbocycles. The molecule has 0 aliphatic carbocycles. The number of nitriles is 1. The topological polar surface area (TPSA) is 27.0 Å². The van der Waals surface area contributed by atoms with Crippen LogP contribution in [0.5, 0.6) is 0 Å². The molecular weight excluding hydrogens is 306 g/mol. The fraction of sp³-hybridized carbons (Fsp3) is 0.350. The third kappa shape index (κ3) is 4.18. The van der Waals surface area contributed by atoms with Crippen molar-refractivity contribution in [3.05, 3.63) is 70.8 Å². The molecule has 2 aromatic rings. The maximum Gasteiger partial charge on any atom is 0.129 e. The van der Waals surface area contributed by atoms with Crippen LogP contribution in [0.15, 0.2) is 42.5 Å². The number of hydrogen-bond acceptors (Lipinski definition) is 2. The third-order valence-electron chi connectivity index (χ3n) is 4.70. The molecule has 0 bridgehead atoms. The minimum Gasteiger partial charge on any atom is -0.299 e. The van der Waals surface area contributed by atoms with E-state index >= 15 is 0 Å². The Morgan fingerprint density at radius 3 is 2.54 bits per heavy atom. The zero-order chi connectivity index (χ0) is 16.9. The molecule has 4 heteroatoms. The van der Waals surface area contributed by atoms with Gasteiger partial charge in [-0.25, -0.2) is 8.78 Å². The monoisotopic (exact) mass is 326 g/mol. The van der Waals surface area contributed by atoms with Crippen LogP contribution in [0.25, 0.3) is 0 Å². The van der Waals surface area contributed by atoms with Crippen LogP contribution in [0, 0.1) is 28.9 Å². The lowest BCUT2D eigenvalue weighted by molar-refractivity contribution is 0.175. The zero-order valence-electron chi connectivity index (χ0n) is 13.5. The Hall–Kier alpha value is -2.25. The van der Waals surface area contributed by atoms with Gasteiger partial charge in [0.1, 0.15) is 11.6 Å². The van der Waals surface area contributed by atoms with Crippen molar-refractivity contribution in [2.24, 2.45) is 5.92 Å². The van der Waals surface area contributed by atoms with E-state index in [1.807, 2.05) is 12.1 Å². The summed E-state index contributed by atoms with van der Waals surface area (Å²) in [6.45, 7) is 2.41. The van der Waals surface area contributed by atoms with Crippen molar-refractivity contribution in [1.82, 2.24) is 4.90 Å². The van der Waals surface area contributed by atoms with E-state index in [4.69, 9.17) is 5.26 Å². The van der Waals surface area contributed by atoms with Crippen molar-refractivity contribution in [2.45, 2.75) is 25.8 Å². The first kappa shape index (κ1) is 16.6. The fourth-order valence-corrected chi connectivity index (χ4v) is 3.33. The molecule has 0 atom stereocenters. The highest BCUT2D eigenvalue weighted by atomic mass is 19.1. The van der Waals surface area contributed by atoms with E-state index in [9.17, 15) is 8.78 Å². The Labute approximate surface area is 141 Å². The minimum atomic E-state index is -0.309. The molecule has 0 unspecified atom stereocenters. The van der Waals surface area contributed by atoms with Crippen LogP contribution in [-0.2, 0) is 13.0 Å². The molecule has 1 aliphatic heterocycles. The van der Waals surface area contributed by atoms with Crippen LogP contribution >= 0.6 is 0 Å². The summed E-state index contributed by atoms with van der Waals surface area (Å²) in [5, 5.41) is 8.79. The molecule has 124 valence electrons. The van der Waals surface area contributed by atoms with Crippen molar-refractivity contribution >= 4 is 0 Å². The van der Waals surface area contributed by atoms with Gasteiger partial charge in [-0.1, -0.05) is 18.2 Å². The standard InChI is InChI=1S/C20H20F2N2/c21-19-3-1-2-16(11-19)10-15-6-8-24(9-7-15)14-18-5-4-17(13-23)12-20(18)22/h1-5,11-12,15H,6-10,14H2. The van der Waals surface area contributed by atoms with Gasteiger partial charge in [-0.2, -0.15) is 5.26 Å². The average Bonchev–Trinajstić information content (AvgIpc) is 2.58. The summed E-state index contributed by atoms with van der Waals surface area (Å²) in [5.41, 5.74) is 2.04. The number of rotatable bonds is 4. The van der Waals surface area contributed by atoms with E-state index in [1.165, 1.54) is 12.1 Å². The number of benzene rings is 2. The van der Waals surface area contributed by atoms with Crippen molar-refractivity contribution in [3.63, 3.8) is 0 Å². The van der Waals surface area contributed by atoms with Gasteiger partial charge in [-0.15, -0.1) is 0 Å². The predicted molar refractivity (Wildman–Crippen MR) is 89.2 cm³/mol. The maximum absolute atomic E-state index is 14.0. The summed E-state index contributed by atoms with van der Waals surface area (Å²) >= 11 is 0. The minimum absolute atomic E-state index is 0.179. The lowest BCUT2D eigenvalue weighted by Crippen LogP contribution is -2.34. The molecule has 0 N–H and O–H groups in total. The molecule has 24 heavy (non-hydrogen) atoms. The Morgan fingerprint density at radius 1 is 1.08 bits per heavy atom. The maximum atomic E-state index is 14.0. The van der Waals surface area contributed by atoms with Crippen LogP contribution in [0.1, 0.15) is 29.5 Å². The largest absolute Gasteiger partial charge is 0.299 e. The number of halogens is 2. The second kappa shape index (κ2) is 7.55. The van der Waals surface area contributed by atoms with Gasteiger partial charge >= 0.3 is 0 Å². The molecule has 3 rings (SSSR count). The van der Waals surface area contributed by atoms with Crippen molar-refractivity contribution < 1.29 is 8.78 Å². The summed E-state index contributed by atoms with van der Waals surface area (Å²) in [7, 11) is 0. The molecule has 1 heterocycles. The number of nitrogens with zero attached hydrogens (tertiary/aromatic N) is 2. The molecule has 0 saturated carbocycles. The second-order valence-electron chi connectivity index (χ2n) is 6.47. The number of hydrogen-bond donors (Lipinski definition) is 0. The highest BCUT2D eigenvalue weighted by Gasteiger charge is 2.20. The van der Waals surface area contributed by atoms with Gasteiger partial charge in [0.05, 0.1) is 11.6 Å². The number of piperidine rings is 1. The molecule has 2 nitrogen and oxygen atoms in total. The van der Waals surface area contributed by atoms with Gasteiger partial charge in [-0.05, 0) is 68.1 Å².